The van der Waals surface area contributed by atoms with Gasteiger partial charge in [-0.25, -0.2) is 0 Å². The Hall–Kier alpha value is -2.58. The molecule has 0 spiro atoms. The smallest absolute Gasteiger partial charge is 0.0991 e. The second-order valence-corrected chi connectivity index (χ2v) is 5.42. The molecule has 2 aromatic carbocycles. The zero-order valence-electron chi connectivity index (χ0n) is 12.1. The minimum Gasteiger partial charge on any atom is -0.192 e. The summed E-state index contributed by atoms with van der Waals surface area (Å²) in [6, 6.07) is 21.0. The minimum atomic E-state index is 0.293. The van der Waals surface area contributed by atoms with E-state index in [0.717, 1.165) is 0 Å². The Morgan fingerprint density at radius 2 is 1.10 bits per heavy atom. The third-order valence-corrected chi connectivity index (χ3v) is 2.78. The van der Waals surface area contributed by atoms with E-state index in [4.69, 9.17) is 10.5 Å². The lowest BCUT2D eigenvalue weighted by Crippen LogP contribution is -2.10. The number of benzene rings is 2. The fourth-order valence-corrected chi connectivity index (χ4v) is 1.56. The number of nitriles is 2. The van der Waals surface area contributed by atoms with Gasteiger partial charge in [0.05, 0.1) is 23.3 Å². The van der Waals surface area contributed by atoms with E-state index in [1.165, 1.54) is 5.56 Å². The van der Waals surface area contributed by atoms with Gasteiger partial charge in [-0.05, 0) is 35.2 Å². The van der Waals surface area contributed by atoms with Crippen LogP contribution in [0.3, 0.4) is 0 Å². The highest BCUT2D eigenvalue weighted by Crippen LogP contribution is 2.20. The summed E-state index contributed by atoms with van der Waals surface area (Å²) < 4.78 is 0. The molecular weight excluding hydrogens is 244 g/mol. The molecule has 0 aliphatic heterocycles. The maximum Gasteiger partial charge on any atom is 0.0991 e. The van der Waals surface area contributed by atoms with Crippen molar-refractivity contribution in [3.8, 4) is 12.1 Å². The molecular formula is C18H18N2. The molecule has 0 atom stereocenters. The zero-order valence-corrected chi connectivity index (χ0v) is 12.1. The third-order valence-electron chi connectivity index (χ3n) is 2.78. The molecule has 0 aliphatic rings. The van der Waals surface area contributed by atoms with Crippen molar-refractivity contribution in [2.45, 2.75) is 26.2 Å². The third kappa shape index (κ3) is 4.96. The standard InChI is InChI=1S/C10H14.C8H4N2/c1-10(2,3)9-7-5-4-6-8-9;9-5-7-1-2-8(6-10)4-3-7/h4-8H,1-3H3;1-4H. The highest BCUT2D eigenvalue weighted by Gasteiger charge is 2.11. The van der Waals surface area contributed by atoms with E-state index in [-0.39, 0.29) is 0 Å². The summed E-state index contributed by atoms with van der Waals surface area (Å²) in [5.74, 6) is 0. The summed E-state index contributed by atoms with van der Waals surface area (Å²) >= 11 is 0. The monoisotopic (exact) mass is 262 g/mol. The van der Waals surface area contributed by atoms with Gasteiger partial charge in [-0.15, -0.1) is 0 Å². The molecule has 2 aromatic rings. The molecule has 2 nitrogen and oxygen atoms in total. The molecule has 0 heterocycles. The number of nitrogens with zero attached hydrogens (tertiary/aromatic N) is 2. The SMILES string of the molecule is CC(C)(C)c1ccccc1.N#Cc1ccc(C#N)cc1. The first-order valence-electron chi connectivity index (χ1n) is 6.43. The van der Waals surface area contributed by atoms with Crippen molar-refractivity contribution in [1.29, 1.82) is 10.5 Å². The predicted octanol–water partition coefficient (Wildman–Crippen LogP) is 4.41. The summed E-state index contributed by atoms with van der Waals surface area (Å²) in [5, 5.41) is 16.7. The lowest BCUT2D eigenvalue weighted by molar-refractivity contribution is 0.590. The van der Waals surface area contributed by atoms with Crippen molar-refractivity contribution < 1.29 is 0 Å². The first-order chi connectivity index (χ1) is 9.47. The van der Waals surface area contributed by atoms with E-state index >= 15 is 0 Å². The van der Waals surface area contributed by atoms with Crippen LogP contribution >= 0.6 is 0 Å². The van der Waals surface area contributed by atoms with Crippen molar-refractivity contribution in [1.82, 2.24) is 0 Å². The largest absolute Gasteiger partial charge is 0.192 e. The van der Waals surface area contributed by atoms with Crippen molar-refractivity contribution in [3.05, 3.63) is 71.3 Å². The Balaban J connectivity index is 0.000000200. The molecule has 2 heteroatoms. The van der Waals surface area contributed by atoms with Gasteiger partial charge in [-0.2, -0.15) is 10.5 Å². The van der Waals surface area contributed by atoms with E-state index in [1.54, 1.807) is 24.3 Å². The first-order valence-corrected chi connectivity index (χ1v) is 6.43. The Morgan fingerprint density at radius 3 is 1.35 bits per heavy atom. The molecule has 2 rings (SSSR count). The van der Waals surface area contributed by atoms with E-state index in [0.29, 0.717) is 16.5 Å². The van der Waals surface area contributed by atoms with Crippen molar-refractivity contribution >= 4 is 0 Å². The normalized spacial score (nSPS) is 9.65. The van der Waals surface area contributed by atoms with Crippen molar-refractivity contribution in [2.75, 3.05) is 0 Å². The first kappa shape index (κ1) is 15.5. The highest BCUT2D eigenvalue weighted by molar-refractivity contribution is 5.36. The van der Waals surface area contributed by atoms with Gasteiger partial charge in [0, 0.05) is 0 Å². The Labute approximate surface area is 120 Å². The van der Waals surface area contributed by atoms with Crippen LogP contribution in [-0.4, -0.2) is 0 Å². The van der Waals surface area contributed by atoms with E-state index in [1.807, 2.05) is 12.1 Å². The molecule has 0 bridgehead atoms. The predicted molar refractivity (Wildman–Crippen MR) is 81.0 cm³/mol. The van der Waals surface area contributed by atoms with Gasteiger partial charge < -0.3 is 0 Å². The maximum absolute atomic E-state index is 8.37. The van der Waals surface area contributed by atoms with Gasteiger partial charge in [0.15, 0.2) is 0 Å². The second-order valence-electron chi connectivity index (χ2n) is 5.42. The Kier molecular flexibility index (Phi) is 5.51. The van der Waals surface area contributed by atoms with Gasteiger partial charge in [0.2, 0.25) is 0 Å². The molecule has 0 saturated carbocycles. The minimum absolute atomic E-state index is 0.293. The molecule has 100 valence electrons. The molecule has 0 fully saturated rings. The second kappa shape index (κ2) is 7.12. The topological polar surface area (TPSA) is 47.6 Å². The quantitative estimate of drug-likeness (QED) is 0.705. The summed E-state index contributed by atoms with van der Waals surface area (Å²) in [6.45, 7) is 6.67. The molecule has 0 saturated heterocycles. The van der Waals surface area contributed by atoms with Gasteiger partial charge >= 0.3 is 0 Å². The summed E-state index contributed by atoms with van der Waals surface area (Å²) in [4.78, 5) is 0. The Morgan fingerprint density at radius 1 is 0.700 bits per heavy atom. The number of hydrogen-bond acceptors (Lipinski definition) is 2. The summed E-state index contributed by atoms with van der Waals surface area (Å²) in [6.07, 6.45) is 0. The highest BCUT2D eigenvalue weighted by atomic mass is 14.2. The molecule has 20 heavy (non-hydrogen) atoms. The van der Waals surface area contributed by atoms with Crippen molar-refractivity contribution in [2.24, 2.45) is 0 Å². The molecule has 0 aliphatic carbocycles. The van der Waals surface area contributed by atoms with Crippen LogP contribution in [0.1, 0.15) is 37.5 Å². The number of rotatable bonds is 0. The average molecular weight is 262 g/mol. The van der Waals surface area contributed by atoms with Crippen LogP contribution < -0.4 is 0 Å². The van der Waals surface area contributed by atoms with Crippen LogP contribution in [0.25, 0.3) is 0 Å². The van der Waals surface area contributed by atoms with Gasteiger partial charge in [0.25, 0.3) is 0 Å². The van der Waals surface area contributed by atoms with E-state index in [9.17, 15) is 0 Å². The fourth-order valence-electron chi connectivity index (χ4n) is 1.56. The maximum atomic E-state index is 8.37. The van der Waals surface area contributed by atoms with Crippen LogP contribution in [0.2, 0.25) is 0 Å². The zero-order chi connectivity index (χ0) is 15.0. The van der Waals surface area contributed by atoms with Crippen LogP contribution in [0.15, 0.2) is 54.6 Å². The van der Waals surface area contributed by atoms with Crippen LogP contribution in [0, 0.1) is 22.7 Å². The van der Waals surface area contributed by atoms with Crippen LogP contribution in [0.5, 0.6) is 0 Å². The van der Waals surface area contributed by atoms with Crippen LogP contribution in [-0.2, 0) is 5.41 Å². The van der Waals surface area contributed by atoms with Gasteiger partial charge in [0.1, 0.15) is 0 Å². The molecule has 0 amide bonds. The van der Waals surface area contributed by atoms with E-state index in [2.05, 4.69) is 51.1 Å². The number of hydrogen-bond donors (Lipinski definition) is 0. The van der Waals surface area contributed by atoms with Crippen LogP contribution in [0.4, 0.5) is 0 Å². The van der Waals surface area contributed by atoms with Gasteiger partial charge in [-0.1, -0.05) is 51.1 Å². The molecule has 0 N–H and O–H groups in total. The molecule has 0 aromatic heterocycles. The average Bonchev–Trinajstić information content (AvgIpc) is 2.48. The fraction of sp³-hybridized carbons (Fsp3) is 0.222. The summed E-state index contributed by atoms with van der Waals surface area (Å²) in [7, 11) is 0. The van der Waals surface area contributed by atoms with Crippen molar-refractivity contribution in [3.63, 3.8) is 0 Å². The lowest BCUT2D eigenvalue weighted by atomic mass is 9.87. The molecule has 0 unspecified atom stereocenters. The van der Waals surface area contributed by atoms with Gasteiger partial charge in [-0.3, -0.25) is 0 Å². The van der Waals surface area contributed by atoms with E-state index < -0.39 is 0 Å². The summed E-state index contributed by atoms with van der Waals surface area (Å²) in [5.41, 5.74) is 2.86. The molecule has 0 radical (unpaired) electrons. The lowest BCUT2D eigenvalue weighted by Gasteiger charge is -2.18. The Bertz CT molecular complexity index is 573.